The van der Waals surface area contributed by atoms with E-state index >= 15 is 0 Å². The van der Waals surface area contributed by atoms with Gasteiger partial charge >= 0.3 is 0 Å². The molecule has 2 aromatic rings. The maximum Gasteiger partial charge on any atom is 0.280 e. The Hall–Kier alpha value is -2.38. The van der Waals surface area contributed by atoms with Gasteiger partial charge in [0.15, 0.2) is 0 Å². The van der Waals surface area contributed by atoms with Crippen LogP contribution in [0.15, 0.2) is 18.5 Å². The minimum absolute atomic E-state index is 0.267. The summed E-state index contributed by atoms with van der Waals surface area (Å²) in [6.07, 6.45) is -0.757. The van der Waals surface area contributed by atoms with E-state index in [0.717, 1.165) is 17.6 Å². The van der Waals surface area contributed by atoms with E-state index in [1.54, 1.807) is 0 Å². The van der Waals surface area contributed by atoms with Gasteiger partial charge in [-0.05, 0) is 0 Å². The van der Waals surface area contributed by atoms with Crippen LogP contribution in [-0.2, 0) is 13.0 Å². The lowest BCUT2D eigenvalue weighted by Crippen LogP contribution is -2.32. The average molecular weight is 293 g/mol. The van der Waals surface area contributed by atoms with Crippen LogP contribution in [0.2, 0.25) is 0 Å². The molecule has 0 N–H and O–H groups in total. The number of fused-ring (bicyclic) bond motifs is 1. The number of hydrogen-bond acceptors (Lipinski definition) is 6. The quantitative estimate of drug-likeness (QED) is 0.859. The summed E-state index contributed by atoms with van der Waals surface area (Å²) in [6.45, 7) is 1.18. The molecule has 0 spiro atoms. The van der Waals surface area contributed by atoms with Crippen molar-refractivity contribution in [2.24, 2.45) is 0 Å². The first kappa shape index (κ1) is 13.6. The van der Waals surface area contributed by atoms with Gasteiger partial charge in [-0.2, -0.15) is 5.10 Å². The van der Waals surface area contributed by atoms with E-state index in [1.165, 1.54) is 13.2 Å². The van der Waals surface area contributed by atoms with Crippen molar-refractivity contribution in [3.63, 3.8) is 0 Å². The fourth-order valence-electron chi connectivity index (χ4n) is 2.26. The normalized spacial score (nSPS) is 14.2. The lowest BCUT2D eigenvalue weighted by molar-refractivity contribution is 0.146. The van der Waals surface area contributed by atoms with E-state index in [-0.39, 0.29) is 5.69 Å². The number of anilines is 1. The second-order valence-corrected chi connectivity index (χ2v) is 4.63. The smallest absolute Gasteiger partial charge is 0.280 e. The van der Waals surface area contributed by atoms with Crippen molar-refractivity contribution < 1.29 is 13.5 Å². The van der Waals surface area contributed by atoms with E-state index in [1.807, 2.05) is 11.0 Å². The third-order valence-electron chi connectivity index (χ3n) is 3.35. The summed E-state index contributed by atoms with van der Waals surface area (Å²) in [5.74, 6) is 0.924. The highest BCUT2D eigenvalue weighted by molar-refractivity contribution is 5.43. The molecule has 1 aliphatic rings. The molecule has 8 heteroatoms. The van der Waals surface area contributed by atoms with Crippen LogP contribution < -0.4 is 9.64 Å². The summed E-state index contributed by atoms with van der Waals surface area (Å²) >= 11 is 0. The Kier molecular flexibility index (Phi) is 3.59. The first-order valence-corrected chi connectivity index (χ1v) is 6.42. The standard InChI is InChI=1S/C13H13F2N5O/c1-21-12-4-8-6-20(3-2-9(8)18-19-12)11-5-10(13(14)15)16-7-17-11/h4-5,7,13H,2-3,6H2,1H3. The minimum atomic E-state index is -2.60. The first-order chi connectivity index (χ1) is 10.2. The van der Waals surface area contributed by atoms with Crippen molar-refractivity contribution in [2.75, 3.05) is 18.6 Å². The summed E-state index contributed by atoms with van der Waals surface area (Å²) in [5, 5.41) is 8.04. The van der Waals surface area contributed by atoms with Crippen LogP contribution in [0.25, 0.3) is 0 Å². The van der Waals surface area contributed by atoms with Crippen LogP contribution >= 0.6 is 0 Å². The maximum atomic E-state index is 12.7. The number of hydrogen-bond donors (Lipinski definition) is 0. The Morgan fingerprint density at radius 3 is 2.86 bits per heavy atom. The SMILES string of the molecule is COc1cc2c(nn1)CCN(c1cc(C(F)F)ncn1)C2. The van der Waals surface area contributed by atoms with Gasteiger partial charge in [-0.15, -0.1) is 5.10 Å². The van der Waals surface area contributed by atoms with E-state index in [4.69, 9.17) is 4.74 Å². The van der Waals surface area contributed by atoms with Crippen molar-refractivity contribution >= 4 is 5.82 Å². The van der Waals surface area contributed by atoms with Crippen LogP contribution in [0.4, 0.5) is 14.6 Å². The molecule has 21 heavy (non-hydrogen) atoms. The molecule has 3 rings (SSSR count). The molecule has 0 saturated carbocycles. The van der Waals surface area contributed by atoms with Gasteiger partial charge in [-0.3, -0.25) is 0 Å². The van der Waals surface area contributed by atoms with Gasteiger partial charge in [0.1, 0.15) is 17.8 Å². The second kappa shape index (κ2) is 5.55. The highest BCUT2D eigenvalue weighted by atomic mass is 19.3. The Morgan fingerprint density at radius 1 is 1.24 bits per heavy atom. The fraction of sp³-hybridized carbons (Fsp3) is 0.385. The molecule has 110 valence electrons. The molecular formula is C13H13F2N5O. The van der Waals surface area contributed by atoms with E-state index in [9.17, 15) is 8.78 Å². The van der Waals surface area contributed by atoms with Gasteiger partial charge in [0, 0.05) is 37.2 Å². The zero-order valence-electron chi connectivity index (χ0n) is 11.3. The fourth-order valence-corrected chi connectivity index (χ4v) is 2.26. The predicted octanol–water partition coefficient (Wildman–Crippen LogP) is 1.78. The molecule has 0 aliphatic carbocycles. The number of halogens is 2. The molecule has 0 amide bonds. The largest absolute Gasteiger partial charge is 0.480 e. The van der Waals surface area contributed by atoms with Crippen molar-refractivity contribution in [3.8, 4) is 5.88 Å². The summed E-state index contributed by atoms with van der Waals surface area (Å²) in [5.41, 5.74) is 1.59. The van der Waals surface area contributed by atoms with Gasteiger partial charge in [0.05, 0.1) is 12.8 Å². The second-order valence-electron chi connectivity index (χ2n) is 4.63. The molecular weight excluding hydrogens is 280 g/mol. The molecule has 2 aromatic heterocycles. The van der Waals surface area contributed by atoms with Crippen molar-refractivity contribution in [1.29, 1.82) is 0 Å². The molecule has 1 aliphatic heterocycles. The van der Waals surface area contributed by atoms with Crippen LogP contribution in [-0.4, -0.2) is 33.8 Å². The molecule has 0 unspecified atom stereocenters. The van der Waals surface area contributed by atoms with Crippen molar-refractivity contribution in [2.45, 2.75) is 19.4 Å². The summed E-state index contributed by atoms with van der Waals surface area (Å²) < 4.78 is 30.5. The Labute approximate surface area is 119 Å². The molecule has 3 heterocycles. The van der Waals surface area contributed by atoms with Gasteiger partial charge in [-0.25, -0.2) is 18.7 Å². The highest BCUT2D eigenvalue weighted by Crippen LogP contribution is 2.25. The summed E-state index contributed by atoms with van der Waals surface area (Å²) in [7, 11) is 1.52. The highest BCUT2D eigenvalue weighted by Gasteiger charge is 2.21. The van der Waals surface area contributed by atoms with Crippen LogP contribution in [0.3, 0.4) is 0 Å². The van der Waals surface area contributed by atoms with E-state index in [0.29, 0.717) is 31.2 Å². The van der Waals surface area contributed by atoms with Gasteiger partial charge in [0.25, 0.3) is 6.43 Å². The molecule has 0 aromatic carbocycles. The molecule has 0 saturated heterocycles. The number of ether oxygens (including phenoxy) is 1. The van der Waals surface area contributed by atoms with Crippen LogP contribution in [0.1, 0.15) is 23.4 Å². The number of alkyl halides is 2. The van der Waals surface area contributed by atoms with Crippen LogP contribution in [0, 0.1) is 0 Å². The Bertz CT molecular complexity index is 652. The molecule has 0 bridgehead atoms. The molecule has 0 atom stereocenters. The number of aromatic nitrogens is 4. The summed E-state index contributed by atoms with van der Waals surface area (Å²) in [4.78, 5) is 9.56. The lowest BCUT2D eigenvalue weighted by atomic mass is 10.1. The predicted molar refractivity (Wildman–Crippen MR) is 70.3 cm³/mol. The topological polar surface area (TPSA) is 64.0 Å². The van der Waals surface area contributed by atoms with Gasteiger partial charge in [-0.1, -0.05) is 0 Å². The third kappa shape index (κ3) is 2.74. The first-order valence-electron chi connectivity index (χ1n) is 6.42. The number of rotatable bonds is 3. The van der Waals surface area contributed by atoms with Crippen LogP contribution in [0.5, 0.6) is 5.88 Å². The number of nitrogens with zero attached hydrogens (tertiary/aromatic N) is 5. The zero-order valence-corrected chi connectivity index (χ0v) is 11.3. The molecule has 6 nitrogen and oxygen atoms in total. The van der Waals surface area contributed by atoms with Crippen molar-refractivity contribution in [1.82, 2.24) is 20.2 Å². The van der Waals surface area contributed by atoms with Gasteiger partial charge in [0.2, 0.25) is 5.88 Å². The molecule has 0 fully saturated rings. The Morgan fingerprint density at radius 2 is 2.10 bits per heavy atom. The maximum absolute atomic E-state index is 12.7. The van der Waals surface area contributed by atoms with E-state index in [2.05, 4.69) is 20.2 Å². The molecule has 0 radical (unpaired) electrons. The monoisotopic (exact) mass is 293 g/mol. The lowest BCUT2D eigenvalue weighted by Gasteiger charge is -2.28. The van der Waals surface area contributed by atoms with Crippen molar-refractivity contribution in [3.05, 3.63) is 35.4 Å². The van der Waals surface area contributed by atoms with Gasteiger partial charge < -0.3 is 9.64 Å². The summed E-state index contributed by atoms with van der Waals surface area (Å²) in [6, 6.07) is 3.13. The Balaban J connectivity index is 1.87. The van der Waals surface area contributed by atoms with E-state index < -0.39 is 6.43 Å². The zero-order chi connectivity index (χ0) is 14.8. The average Bonchev–Trinajstić information content (AvgIpc) is 2.53. The minimum Gasteiger partial charge on any atom is -0.480 e. The third-order valence-corrected chi connectivity index (χ3v) is 3.35. The number of methoxy groups -OCH3 is 1.